The second-order valence-corrected chi connectivity index (χ2v) is 6.70. The van der Waals surface area contributed by atoms with Gasteiger partial charge in [0.05, 0.1) is 19.5 Å². The van der Waals surface area contributed by atoms with Crippen LogP contribution in [-0.4, -0.2) is 42.3 Å². The van der Waals surface area contributed by atoms with Gasteiger partial charge in [-0.3, -0.25) is 0 Å². The molecular weight excluding hydrogens is 489 g/mol. The van der Waals surface area contributed by atoms with Gasteiger partial charge < -0.3 is 19.9 Å². The van der Waals surface area contributed by atoms with Crippen molar-refractivity contribution < 1.29 is 4.74 Å². The van der Waals surface area contributed by atoms with Crippen molar-refractivity contribution in [3.63, 3.8) is 0 Å². The number of rotatable bonds is 9. The predicted molar refractivity (Wildman–Crippen MR) is 133 cm³/mol. The van der Waals surface area contributed by atoms with Crippen LogP contribution in [0, 0.1) is 0 Å². The van der Waals surface area contributed by atoms with E-state index in [0.717, 1.165) is 25.6 Å². The molecule has 0 aliphatic rings. The highest BCUT2D eigenvalue weighted by atomic mass is 127. The summed E-state index contributed by atoms with van der Waals surface area (Å²) < 4.78 is 7.17. The molecule has 3 rings (SSSR count). The summed E-state index contributed by atoms with van der Waals surface area (Å²) in [6.45, 7) is 5.68. The average Bonchev–Trinajstić information content (AvgIpc) is 3.26. The molecule has 0 bridgehead atoms. The Bertz CT molecular complexity index is 894. The topological polar surface area (TPSA) is 63.5 Å². The van der Waals surface area contributed by atoms with Crippen LogP contribution < -0.4 is 10.6 Å². The third-order valence-corrected chi connectivity index (χ3v) is 4.56. The van der Waals surface area contributed by atoms with Gasteiger partial charge in [0, 0.05) is 39.1 Å². The van der Waals surface area contributed by atoms with E-state index in [4.69, 9.17) is 9.73 Å². The molecule has 6 nitrogen and oxygen atoms in total. The van der Waals surface area contributed by atoms with Crippen LogP contribution in [0.15, 0.2) is 72.2 Å². The monoisotopic (exact) mass is 519 g/mol. The predicted octanol–water partition coefficient (Wildman–Crippen LogP) is 3.92. The normalized spacial score (nSPS) is 11.1. The number of aliphatic imine (C=N–C) groups is 1. The summed E-state index contributed by atoms with van der Waals surface area (Å²) in [4.78, 5) is 8.84. The third-order valence-electron chi connectivity index (χ3n) is 4.56. The Balaban J connectivity index is 0.00000320. The molecule has 0 spiro atoms. The van der Waals surface area contributed by atoms with Crippen molar-refractivity contribution in [1.82, 2.24) is 20.2 Å². The number of guanidine groups is 1. The van der Waals surface area contributed by atoms with Crippen LogP contribution >= 0.6 is 24.0 Å². The quantitative estimate of drug-likeness (QED) is 0.195. The van der Waals surface area contributed by atoms with Crippen LogP contribution in [0.1, 0.15) is 18.1 Å². The Morgan fingerprint density at radius 2 is 1.90 bits per heavy atom. The minimum atomic E-state index is 0. The molecule has 2 N–H and O–H groups in total. The van der Waals surface area contributed by atoms with E-state index < -0.39 is 0 Å². The van der Waals surface area contributed by atoms with Gasteiger partial charge in [0.2, 0.25) is 0 Å². The number of imidazole rings is 1. The SMILES string of the molecule is CCNC(=NCc1ccccc1-c1ccc(Cn2ccnc2)cc1)NCCOC.I. The largest absolute Gasteiger partial charge is 0.383 e. The van der Waals surface area contributed by atoms with Gasteiger partial charge in [-0.25, -0.2) is 9.98 Å². The van der Waals surface area contributed by atoms with Crippen LogP contribution in [0.4, 0.5) is 0 Å². The van der Waals surface area contributed by atoms with Crippen LogP contribution in [0.2, 0.25) is 0 Å². The number of benzene rings is 2. The van der Waals surface area contributed by atoms with E-state index >= 15 is 0 Å². The first kappa shape index (κ1) is 23.9. The molecule has 1 heterocycles. The molecule has 0 saturated heterocycles. The first-order valence-corrected chi connectivity index (χ1v) is 9.94. The summed E-state index contributed by atoms with van der Waals surface area (Å²) in [5.41, 5.74) is 4.85. The van der Waals surface area contributed by atoms with Gasteiger partial charge >= 0.3 is 0 Å². The van der Waals surface area contributed by atoms with Crippen LogP contribution in [0.3, 0.4) is 0 Å². The number of methoxy groups -OCH3 is 1. The van der Waals surface area contributed by atoms with Crippen molar-refractivity contribution in [3.05, 3.63) is 78.4 Å². The molecule has 3 aromatic rings. The average molecular weight is 519 g/mol. The fourth-order valence-corrected chi connectivity index (χ4v) is 3.10. The Morgan fingerprint density at radius 3 is 2.60 bits per heavy atom. The number of halogens is 1. The molecule has 0 atom stereocenters. The van der Waals surface area contributed by atoms with Crippen molar-refractivity contribution >= 4 is 29.9 Å². The van der Waals surface area contributed by atoms with Gasteiger partial charge in [-0.15, -0.1) is 24.0 Å². The van der Waals surface area contributed by atoms with Gasteiger partial charge in [0.15, 0.2) is 5.96 Å². The van der Waals surface area contributed by atoms with E-state index in [1.54, 1.807) is 13.3 Å². The second-order valence-electron chi connectivity index (χ2n) is 6.70. The van der Waals surface area contributed by atoms with Crippen molar-refractivity contribution in [2.24, 2.45) is 4.99 Å². The highest BCUT2D eigenvalue weighted by molar-refractivity contribution is 14.0. The first-order chi connectivity index (χ1) is 14.3. The summed E-state index contributed by atoms with van der Waals surface area (Å²) in [6.07, 6.45) is 5.62. The smallest absolute Gasteiger partial charge is 0.191 e. The molecule has 0 radical (unpaired) electrons. The van der Waals surface area contributed by atoms with E-state index in [0.29, 0.717) is 13.2 Å². The minimum Gasteiger partial charge on any atom is -0.383 e. The molecule has 30 heavy (non-hydrogen) atoms. The zero-order valence-electron chi connectivity index (χ0n) is 17.5. The van der Waals surface area contributed by atoms with E-state index in [1.165, 1.54) is 22.3 Å². The summed E-state index contributed by atoms with van der Waals surface area (Å²) in [7, 11) is 1.70. The Hall–Kier alpha value is -2.39. The minimum absolute atomic E-state index is 0. The van der Waals surface area contributed by atoms with Gasteiger partial charge in [-0.05, 0) is 29.2 Å². The summed E-state index contributed by atoms with van der Waals surface area (Å²) in [6, 6.07) is 17.1. The van der Waals surface area contributed by atoms with Crippen molar-refractivity contribution in [3.8, 4) is 11.1 Å². The molecule has 7 heteroatoms. The van der Waals surface area contributed by atoms with Crippen molar-refractivity contribution in [2.45, 2.75) is 20.0 Å². The summed E-state index contributed by atoms with van der Waals surface area (Å²) in [5.74, 6) is 0.801. The lowest BCUT2D eigenvalue weighted by Crippen LogP contribution is -2.38. The van der Waals surface area contributed by atoms with Crippen molar-refractivity contribution in [1.29, 1.82) is 0 Å². The number of hydrogen-bond acceptors (Lipinski definition) is 3. The van der Waals surface area contributed by atoms with Crippen LogP contribution in [0.25, 0.3) is 11.1 Å². The highest BCUT2D eigenvalue weighted by Crippen LogP contribution is 2.25. The lowest BCUT2D eigenvalue weighted by molar-refractivity contribution is 0.203. The van der Waals surface area contributed by atoms with Gasteiger partial charge in [-0.2, -0.15) is 0 Å². The van der Waals surface area contributed by atoms with E-state index in [1.807, 2.05) is 12.5 Å². The number of nitrogens with zero attached hydrogens (tertiary/aromatic N) is 3. The molecule has 0 aliphatic carbocycles. The number of nitrogens with one attached hydrogen (secondary N) is 2. The standard InChI is InChI=1S/C23H29N5O.HI/c1-3-25-23(26-13-15-29-2)27-16-21-6-4-5-7-22(21)20-10-8-19(9-11-20)17-28-14-12-24-18-28;/h4-12,14,18H,3,13,15-17H2,1-2H3,(H2,25,26,27);1H. The molecule has 0 unspecified atom stereocenters. The van der Waals surface area contributed by atoms with Gasteiger partial charge in [-0.1, -0.05) is 48.5 Å². The Morgan fingerprint density at radius 1 is 1.10 bits per heavy atom. The maximum Gasteiger partial charge on any atom is 0.191 e. The molecule has 0 fully saturated rings. The zero-order chi connectivity index (χ0) is 20.3. The van der Waals surface area contributed by atoms with E-state index in [9.17, 15) is 0 Å². The first-order valence-electron chi connectivity index (χ1n) is 9.94. The Labute approximate surface area is 195 Å². The zero-order valence-corrected chi connectivity index (χ0v) is 19.9. The van der Waals surface area contributed by atoms with Gasteiger partial charge in [0.1, 0.15) is 0 Å². The molecule has 0 aliphatic heterocycles. The fraction of sp³-hybridized carbons (Fsp3) is 0.304. The summed E-state index contributed by atoms with van der Waals surface area (Å²) in [5, 5.41) is 6.56. The third kappa shape index (κ3) is 7.14. The van der Waals surface area contributed by atoms with E-state index in [2.05, 4.69) is 75.6 Å². The van der Waals surface area contributed by atoms with E-state index in [-0.39, 0.29) is 24.0 Å². The van der Waals surface area contributed by atoms with Crippen LogP contribution in [0.5, 0.6) is 0 Å². The fourth-order valence-electron chi connectivity index (χ4n) is 3.10. The lowest BCUT2D eigenvalue weighted by atomic mass is 9.98. The lowest BCUT2D eigenvalue weighted by Gasteiger charge is -2.13. The Kier molecular flexibility index (Phi) is 10.4. The van der Waals surface area contributed by atoms with Crippen molar-refractivity contribution in [2.75, 3.05) is 26.8 Å². The number of ether oxygens (including phenoxy) is 1. The number of hydrogen-bond donors (Lipinski definition) is 2. The number of aromatic nitrogens is 2. The second kappa shape index (κ2) is 13.0. The molecular formula is C23H30IN5O. The molecule has 0 amide bonds. The molecule has 160 valence electrons. The summed E-state index contributed by atoms with van der Waals surface area (Å²) >= 11 is 0. The molecule has 2 aromatic carbocycles. The molecule has 1 aromatic heterocycles. The highest BCUT2D eigenvalue weighted by Gasteiger charge is 2.06. The maximum absolute atomic E-state index is 5.10. The van der Waals surface area contributed by atoms with Gasteiger partial charge in [0.25, 0.3) is 0 Å². The van der Waals surface area contributed by atoms with Crippen LogP contribution in [-0.2, 0) is 17.8 Å². The molecule has 0 saturated carbocycles. The maximum atomic E-state index is 5.10.